The van der Waals surface area contributed by atoms with Gasteiger partial charge in [0.1, 0.15) is 6.61 Å². The normalized spacial score (nSPS) is 10.2. The molecule has 0 fully saturated rings. The zero-order valence-electron chi connectivity index (χ0n) is 10.2. The Kier molecular flexibility index (Phi) is 4.34. The molecule has 20 heavy (non-hydrogen) atoms. The van der Waals surface area contributed by atoms with Crippen LogP contribution in [0, 0.1) is 11.3 Å². The Morgan fingerprint density at radius 1 is 1.45 bits per heavy atom. The van der Waals surface area contributed by atoms with Crippen LogP contribution in [0.1, 0.15) is 11.4 Å². The highest BCUT2D eigenvalue weighted by atomic mass is 32.2. The highest BCUT2D eigenvalue weighted by Crippen LogP contribution is 2.22. The number of thioether (sulfide) groups is 1. The Hall–Kier alpha value is -2.37. The third-order valence-electron chi connectivity index (χ3n) is 2.40. The summed E-state index contributed by atoms with van der Waals surface area (Å²) in [4.78, 5) is 10.6. The molecule has 1 aromatic heterocycles. The van der Waals surface area contributed by atoms with Gasteiger partial charge in [0.2, 0.25) is 0 Å². The van der Waals surface area contributed by atoms with Crippen molar-refractivity contribution in [3.05, 3.63) is 35.7 Å². The van der Waals surface area contributed by atoms with Crippen molar-refractivity contribution in [3.63, 3.8) is 0 Å². The molecule has 0 aliphatic rings. The molecule has 0 unspecified atom stereocenters. The maximum absolute atomic E-state index is 10.6. The first-order valence-corrected chi connectivity index (χ1v) is 6.54. The van der Waals surface area contributed by atoms with E-state index in [2.05, 4.69) is 10.2 Å². The van der Waals surface area contributed by atoms with Crippen molar-refractivity contribution >= 4 is 17.7 Å². The second-order valence-electron chi connectivity index (χ2n) is 3.74. The first kappa shape index (κ1) is 14.0. The van der Waals surface area contributed by atoms with Gasteiger partial charge in [0.15, 0.2) is 11.0 Å². The van der Waals surface area contributed by atoms with Crippen LogP contribution in [0.2, 0.25) is 0 Å². The number of aromatic nitrogens is 3. The molecule has 2 rings (SSSR count). The minimum atomic E-state index is -0.971. The van der Waals surface area contributed by atoms with E-state index in [4.69, 9.17) is 10.4 Å². The van der Waals surface area contributed by atoms with Crippen LogP contribution < -0.4 is 0 Å². The van der Waals surface area contributed by atoms with Crippen LogP contribution in [0.25, 0.3) is 5.69 Å². The van der Waals surface area contributed by atoms with E-state index in [0.717, 1.165) is 11.8 Å². The smallest absolute Gasteiger partial charge is 0.313 e. The molecule has 8 heteroatoms. The summed E-state index contributed by atoms with van der Waals surface area (Å²) in [6, 6.07) is 8.71. The number of aliphatic hydroxyl groups excluding tert-OH is 1. The van der Waals surface area contributed by atoms with Crippen LogP contribution in [-0.4, -0.2) is 36.7 Å². The molecule has 0 atom stereocenters. The lowest BCUT2D eigenvalue weighted by Gasteiger charge is -2.08. The van der Waals surface area contributed by atoms with Gasteiger partial charge in [-0.25, -0.2) is 0 Å². The van der Waals surface area contributed by atoms with Crippen molar-refractivity contribution in [2.24, 2.45) is 0 Å². The SMILES string of the molecule is N#Cc1cccc(-n2c(CO)nnc2SCC(=O)O)c1. The van der Waals surface area contributed by atoms with E-state index in [-0.39, 0.29) is 18.2 Å². The van der Waals surface area contributed by atoms with E-state index < -0.39 is 5.97 Å². The van der Waals surface area contributed by atoms with Crippen molar-refractivity contribution in [1.82, 2.24) is 14.8 Å². The standard InChI is InChI=1S/C12H10N4O3S/c13-5-8-2-1-3-9(4-8)16-10(6-17)14-15-12(16)20-7-11(18)19/h1-4,17H,6-7H2,(H,18,19). The summed E-state index contributed by atoms with van der Waals surface area (Å²) in [6.07, 6.45) is 0. The molecule has 1 aromatic carbocycles. The molecule has 7 nitrogen and oxygen atoms in total. The van der Waals surface area contributed by atoms with Crippen molar-refractivity contribution < 1.29 is 15.0 Å². The van der Waals surface area contributed by atoms with E-state index in [0.29, 0.717) is 16.4 Å². The molecule has 0 bridgehead atoms. The number of hydrogen-bond donors (Lipinski definition) is 2. The van der Waals surface area contributed by atoms with Crippen LogP contribution in [0.4, 0.5) is 0 Å². The lowest BCUT2D eigenvalue weighted by atomic mass is 10.2. The second-order valence-corrected chi connectivity index (χ2v) is 4.68. The maximum Gasteiger partial charge on any atom is 0.313 e. The summed E-state index contributed by atoms with van der Waals surface area (Å²) in [5.41, 5.74) is 1.06. The van der Waals surface area contributed by atoms with E-state index in [1.807, 2.05) is 6.07 Å². The van der Waals surface area contributed by atoms with E-state index in [9.17, 15) is 9.90 Å². The number of aliphatic carboxylic acids is 1. The fraction of sp³-hybridized carbons (Fsp3) is 0.167. The molecule has 0 saturated carbocycles. The van der Waals surface area contributed by atoms with Gasteiger partial charge in [-0.1, -0.05) is 17.8 Å². The van der Waals surface area contributed by atoms with Gasteiger partial charge in [-0.15, -0.1) is 10.2 Å². The van der Waals surface area contributed by atoms with Crippen LogP contribution in [0.3, 0.4) is 0 Å². The Morgan fingerprint density at radius 2 is 2.25 bits per heavy atom. The summed E-state index contributed by atoms with van der Waals surface area (Å²) in [5.74, 6) is -0.851. The number of carboxylic acid groups (broad SMARTS) is 1. The van der Waals surface area contributed by atoms with E-state index in [1.165, 1.54) is 4.57 Å². The number of hydrogen-bond acceptors (Lipinski definition) is 6. The van der Waals surface area contributed by atoms with Gasteiger partial charge in [-0.2, -0.15) is 5.26 Å². The number of nitriles is 1. The van der Waals surface area contributed by atoms with Crippen molar-refractivity contribution in [1.29, 1.82) is 5.26 Å². The van der Waals surface area contributed by atoms with Crippen LogP contribution in [0.5, 0.6) is 0 Å². The largest absolute Gasteiger partial charge is 0.481 e. The Bertz CT molecular complexity index is 678. The third-order valence-corrected chi connectivity index (χ3v) is 3.31. The minimum Gasteiger partial charge on any atom is -0.481 e. The number of rotatable bonds is 5. The lowest BCUT2D eigenvalue weighted by molar-refractivity contribution is -0.133. The van der Waals surface area contributed by atoms with Gasteiger partial charge in [0.05, 0.1) is 23.1 Å². The summed E-state index contributed by atoms with van der Waals surface area (Å²) in [6.45, 7) is -0.336. The molecule has 0 amide bonds. The first-order chi connectivity index (χ1) is 9.65. The minimum absolute atomic E-state index is 0.165. The Balaban J connectivity index is 2.44. The predicted octanol–water partition coefficient (Wildman–Crippen LogP) is 0.808. The summed E-state index contributed by atoms with van der Waals surface area (Å²) >= 11 is 0.995. The Morgan fingerprint density at radius 3 is 2.90 bits per heavy atom. The molecule has 102 valence electrons. The van der Waals surface area contributed by atoms with Crippen molar-refractivity contribution in [3.8, 4) is 11.8 Å². The molecular weight excluding hydrogens is 280 g/mol. The van der Waals surface area contributed by atoms with Gasteiger partial charge in [0, 0.05) is 0 Å². The average molecular weight is 290 g/mol. The van der Waals surface area contributed by atoms with Crippen LogP contribution in [-0.2, 0) is 11.4 Å². The quantitative estimate of drug-likeness (QED) is 0.783. The molecule has 0 radical (unpaired) electrons. The highest BCUT2D eigenvalue weighted by Gasteiger charge is 2.15. The van der Waals surface area contributed by atoms with Gasteiger partial charge in [0.25, 0.3) is 0 Å². The first-order valence-electron chi connectivity index (χ1n) is 5.56. The number of nitrogens with zero attached hydrogens (tertiary/aromatic N) is 4. The van der Waals surface area contributed by atoms with Gasteiger partial charge in [-0.05, 0) is 18.2 Å². The molecule has 1 heterocycles. The molecule has 0 aliphatic heterocycles. The van der Waals surface area contributed by atoms with Crippen LogP contribution >= 0.6 is 11.8 Å². The zero-order valence-corrected chi connectivity index (χ0v) is 11.0. The zero-order chi connectivity index (χ0) is 14.5. The molecule has 0 spiro atoms. The monoisotopic (exact) mass is 290 g/mol. The summed E-state index contributed by atoms with van der Waals surface area (Å²) < 4.78 is 1.54. The predicted molar refractivity (Wildman–Crippen MR) is 70.4 cm³/mol. The van der Waals surface area contributed by atoms with Crippen molar-refractivity contribution in [2.75, 3.05) is 5.75 Å². The van der Waals surface area contributed by atoms with Gasteiger partial charge < -0.3 is 10.2 Å². The van der Waals surface area contributed by atoms with E-state index >= 15 is 0 Å². The maximum atomic E-state index is 10.6. The van der Waals surface area contributed by atoms with Crippen LogP contribution in [0.15, 0.2) is 29.4 Å². The van der Waals surface area contributed by atoms with Gasteiger partial charge >= 0.3 is 5.97 Å². The summed E-state index contributed by atoms with van der Waals surface area (Å²) in [5, 5.41) is 34.9. The highest BCUT2D eigenvalue weighted by molar-refractivity contribution is 7.99. The van der Waals surface area contributed by atoms with Gasteiger partial charge in [-0.3, -0.25) is 9.36 Å². The molecular formula is C12H10N4O3S. The summed E-state index contributed by atoms with van der Waals surface area (Å²) in [7, 11) is 0. The topological polar surface area (TPSA) is 112 Å². The lowest BCUT2D eigenvalue weighted by Crippen LogP contribution is -2.05. The fourth-order valence-corrected chi connectivity index (χ4v) is 2.29. The molecule has 2 N–H and O–H groups in total. The molecule has 0 saturated heterocycles. The van der Waals surface area contributed by atoms with E-state index in [1.54, 1.807) is 24.3 Å². The fourth-order valence-electron chi connectivity index (χ4n) is 1.60. The molecule has 0 aliphatic carbocycles. The Labute approximate surface area is 118 Å². The molecule has 2 aromatic rings. The van der Waals surface area contributed by atoms with Crippen molar-refractivity contribution in [2.45, 2.75) is 11.8 Å². The number of benzene rings is 1. The number of carboxylic acids is 1. The third kappa shape index (κ3) is 2.96. The second kappa shape index (κ2) is 6.18. The number of aliphatic hydroxyl groups is 1. The average Bonchev–Trinajstić information content (AvgIpc) is 2.88. The number of carbonyl (C=O) groups is 1.